The predicted octanol–water partition coefficient (Wildman–Crippen LogP) is 4.73. The lowest BCUT2D eigenvalue weighted by atomic mass is 9.51. The van der Waals surface area contributed by atoms with Crippen LogP contribution in [-0.4, -0.2) is 5.78 Å². The molecular weight excluding hydrogens is 280 g/mol. The second-order valence-electron chi connectivity index (χ2n) is 6.13. The quantitative estimate of drug-likeness (QED) is 0.683. The molecule has 0 aliphatic heterocycles. The van der Waals surface area contributed by atoms with Gasteiger partial charge in [-0.3, -0.25) is 4.79 Å². The Morgan fingerprint density at radius 1 is 0.652 bits per heavy atom. The first-order valence-corrected chi connectivity index (χ1v) is 8.03. The van der Waals surface area contributed by atoms with E-state index in [9.17, 15) is 4.79 Å². The fraction of sp³-hybridized carbons (Fsp3) is 0.136. The summed E-state index contributed by atoms with van der Waals surface area (Å²) < 4.78 is 0. The molecule has 0 N–H and O–H groups in total. The van der Waals surface area contributed by atoms with Gasteiger partial charge in [-0.1, -0.05) is 91.0 Å². The van der Waals surface area contributed by atoms with Crippen LogP contribution in [0.2, 0.25) is 0 Å². The van der Waals surface area contributed by atoms with Crippen molar-refractivity contribution in [2.45, 2.75) is 17.8 Å². The van der Waals surface area contributed by atoms with E-state index in [1.807, 2.05) is 42.5 Å². The average Bonchev–Trinajstić information content (AvgIpc) is 2.62. The number of benzene rings is 3. The summed E-state index contributed by atoms with van der Waals surface area (Å²) >= 11 is 0. The van der Waals surface area contributed by atoms with Crippen LogP contribution < -0.4 is 0 Å². The number of carbonyl (C=O) groups excluding carboxylic acids is 1. The number of hydrogen-bond acceptors (Lipinski definition) is 1. The molecule has 0 amide bonds. The zero-order valence-electron chi connectivity index (χ0n) is 12.9. The third-order valence-electron chi connectivity index (χ3n) is 5.01. The molecule has 3 aromatic carbocycles. The summed E-state index contributed by atoms with van der Waals surface area (Å²) in [6.45, 7) is 0. The Morgan fingerprint density at radius 3 is 1.52 bits per heavy atom. The summed E-state index contributed by atoms with van der Waals surface area (Å²) in [5.74, 6) is 0.504. The monoisotopic (exact) mass is 298 g/mol. The van der Waals surface area contributed by atoms with Crippen molar-refractivity contribution in [3.05, 3.63) is 108 Å². The fourth-order valence-electron chi connectivity index (χ4n) is 3.91. The van der Waals surface area contributed by atoms with E-state index in [2.05, 4.69) is 48.5 Å². The Kier molecular flexibility index (Phi) is 3.34. The van der Waals surface area contributed by atoms with Gasteiger partial charge in [0.05, 0.1) is 5.41 Å². The highest BCUT2D eigenvalue weighted by atomic mass is 16.1. The minimum Gasteiger partial charge on any atom is -0.298 e. The molecule has 1 saturated carbocycles. The molecular formula is C22H18O. The normalized spacial score (nSPS) is 19.1. The summed E-state index contributed by atoms with van der Waals surface area (Å²) in [4.78, 5) is 12.9. The molecule has 0 spiro atoms. The summed E-state index contributed by atoms with van der Waals surface area (Å²) in [7, 11) is 0. The zero-order chi connectivity index (χ0) is 15.7. The maximum atomic E-state index is 12.9. The standard InChI is InChI=1S/C22H18O/c23-21-16-20(17-10-4-1-5-11-17)22(21,18-12-6-2-7-13-18)19-14-8-3-9-15-19/h1-15,20H,16H2. The number of Topliss-reactive ketones (excluding diaryl/α,β-unsaturated/α-hetero) is 1. The van der Waals surface area contributed by atoms with Gasteiger partial charge in [0.2, 0.25) is 0 Å². The topological polar surface area (TPSA) is 17.1 Å². The highest BCUT2D eigenvalue weighted by Crippen LogP contribution is 2.55. The van der Waals surface area contributed by atoms with Crippen molar-refractivity contribution in [3.8, 4) is 0 Å². The molecule has 1 fully saturated rings. The van der Waals surface area contributed by atoms with Crippen LogP contribution in [0.3, 0.4) is 0 Å². The lowest BCUT2D eigenvalue weighted by Gasteiger charge is -2.49. The number of hydrogen-bond donors (Lipinski definition) is 0. The minimum atomic E-state index is -0.552. The first-order valence-electron chi connectivity index (χ1n) is 8.03. The van der Waals surface area contributed by atoms with Crippen LogP contribution in [0.25, 0.3) is 0 Å². The van der Waals surface area contributed by atoms with Crippen molar-refractivity contribution in [1.29, 1.82) is 0 Å². The van der Waals surface area contributed by atoms with E-state index in [0.717, 1.165) is 11.1 Å². The third-order valence-corrected chi connectivity index (χ3v) is 5.01. The molecule has 1 heteroatoms. The Bertz CT molecular complexity index is 767. The van der Waals surface area contributed by atoms with Gasteiger partial charge in [0.1, 0.15) is 5.78 Å². The first-order chi connectivity index (χ1) is 11.3. The van der Waals surface area contributed by atoms with Crippen molar-refractivity contribution < 1.29 is 4.79 Å². The van der Waals surface area contributed by atoms with Gasteiger partial charge in [-0.15, -0.1) is 0 Å². The van der Waals surface area contributed by atoms with E-state index in [4.69, 9.17) is 0 Å². The van der Waals surface area contributed by atoms with Crippen LogP contribution in [0.4, 0.5) is 0 Å². The lowest BCUT2D eigenvalue weighted by Crippen LogP contribution is -2.52. The third kappa shape index (κ3) is 2.04. The molecule has 1 aliphatic carbocycles. The van der Waals surface area contributed by atoms with Crippen molar-refractivity contribution in [2.75, 3.05) is 0 Å². The Hall–Kier alpha value is -2.67. The molecule has 23 heavy (non-hydrogen) atoms. The Morgan fingerprint density at radius 2 is 1.09 bits per heavy atom. The van der Waals surface area contributed by atoms with Gasteiger partial charge in [0.25, 0.3) is 0 Å². The van der Waals surface area contributed by atoms with Gasteiger partial charge < -0.3 is 0 Å². The molecule has 0 radical (unpaired) electrons. The highest BCUT2D eigenvalue weighted by Gasteiger charge is 2.57. The molecule has 3 aromatic rings. The predicted molar refractivity (Wildman–Crippen MR) is 92.5 cm³/mol. The largest absolute Gasteiger partial charge is 0.298 e. The summed E-state index contributed by atoms with van der Waals surface area (Å²) in [6.07, 6.45) is 0.605. The maximum absolute atomic E-state index is 12.9. The van der Waals surface area contributed by atoms with Gasteiger partial charge in [-0.2, -0.15) is 0 Å². The van der Waals surface area contributed by atoms with E-state index in [1.165, 1.54) is 5.56 Å². The number of rotatable bonds is 3. The molecule has 1 nitrogen and oxygen atoms in total. The van der Waals surface area contributed by atoms with Crippen molar-refractivity contribution in [2.24, 2.45) is 0 Å². The Balaban J connectivity index is 1.94. The van der Waals surface area contributed by atoms with Crippen LogP contribution >= 0.6 is 0 Å². The SMILES string of the molecule is O=C1CC(c2ccccc2)C1(c1ccccc1)c1ccccc1. The average molecular weight is 298 g/mol. The van der Waals surface area contributed by atoms with Crippen LogP contribution in [0.1, 0.15) is 29.0 Å². The van der Waals surface area contributed by atoms with Crippen LogP contribution in [0, 0.1) is 0 Å². The molecule has 4 rings (SSSR count). The zero-order valence-corrected chi connectivity index (χ0v) is 12.9. The van der Waals surface area contributed by atoms with Crippen LogP contribution in [0.5, 0.6) is 0 Å². The summed E-state index contributed by atoms with van der Waals surface area (Å²) in [6, 6.07) is 30.8. The van der Waals surface area contributed by atoms with Crippen LogP contribution in [0.15, 0.2) is 91.0 Å². The minimum absolute atomic E-state index is 0.195. The highest BCUT2D eigenvalue weighted by molar-refractivity contribution is 6.02. The fourth-order valence-corrected chi connectivity index (χ4v) is 3.91. The Labute approximate surface area is 136 Å². The molecule has 0 bridgehead atoms. The molecule has 1 unspecified atom stereocenters. The molecule has 0 heterocycles. The second kappa shape index (κ2) is 5.51. The number of ketones is 1. The lowest BCUT2D eigenvalue weighted by molar-refractivity contribution is -0.131. The molecule has 0 saturated heterocycles. The van der Waals surface area contributed by atoms with Gasteiger partial charge in [-0.05, 0) is 16.7 Å². The van der Waals surface area contributed by atoms with E-state index < -0.39 is 5.41 Å². The van der Waals surface area contributed by atoms with E-state index >= 15 is 0 Å². The van der Waals surface area contributed by atoms with Gasteiger partial charge in [-0.25, -0.2) is 0 Å². The summed E-state index contributed by atoms with van der Waals surface area (Å²) in [5.41, 5.74) is 2.87. The molecule has 112 valence electrons. The van der Waals surface area contributed by atoms with Crippen molar-refractivity contribution in [3.63, 3.8) is 0 Å². The van der Waals surface area contributed by atoms with Crippen molar-refractivity contribution >= 4 is 5.78 Å². The van der Waals surface area contributed by atoms with E-state index in [-0.39, 0.29) is 5.92 Å². The van der Waals surface area contributed by atoms with E-state index in [1.54, 1.807) is 0 Å². The summed E-state index contributed by atoms with van der Waals surface area (Å²) in [5, 5.41) is 0. The van der Waals surface area contributed by atoms with Gasteiger partial charge >= 0.3 is 0 Å². The van der Waals surface area contributed by atoms with Gasteiger partial charge in [0.15, 0.2) is 0 Å². The molecule has 0 aromatic heterocycles. The smallest absolute Gasteiger partial charge is 0.149 e. The van der Waals surface area contributed by atoms with Crippen molar-refractivity contribution in [1.82, 2.24) is 0 Å². The van der Waals surface area contributed by atoms with Crippen LogP contribution in [-0.2, 0) is 10.2 Å². The molecule has 1 aliphatic rings. The first kappa shape index (κ1) is 14.0. The van der Waals surface area contributed by atoms with E-state index in [0.29, 0.717) is 12.2 Å². The number of carbonyl (C=O) groups is 1. The maximum Gasteiger partial charge on any atom is 0.149 e. The van der Waals surface area contributed by atoms with Gasteiger partial charge in [0, 0.05) is 12.3 Å². The second-order valence-corrected chi connectivity index (χ2v) is 6.13. The molecule has 1 atom stereocenters.